The third-order valence-electron chi connectivity index (χ3n) is 10.4. The molecular weight excluding hydrogens is 655 g/mol. The first-order valence-corrected chi connectivity index (χ1v) is 25.0. The number of ether oxygens (including phenoxy) is 1. The van der Waals surface area contributed by atoms with E-state index < -0.39 is 16.6 Å². The van der Waals surface area contributed by atoms with E-state index >= 15 is 0 Å². The number of carbonyl (C=O) groups is 1. The summed E-state index contributed by atoms with van der Waals surface area (Å²) in [5.74, 6) is 0.00933. The van der Waals surface area contributed by atoms with Gasteiger partial charge in [-0.15, -0.1) is 23.1 Å². The number of cyclic esters (lactones) is 1. The Balaban J connectivity index is 2.63. The highest BCUT2D eigenvalue weighted by Gasteiger charge is 2.47. The van der Waals surface area contributed by atoms with Crippen molar-refractivity contribution in [3.8, 4) is 0 Å². The van der Waals surface area contributed by atoms with Crippen LogP contribution in [-0.2, 0) is 18.4 Å². The van der Waals surface area contributed by atoms with Crippen molar-refractivity contribution in [3.63, 3.8) is 0 Å². The second kappa shape index (κ2) is 16.4. The fourth-order valence-electron chi connectivity index (χ4n) is 5.16. The Labute approximate surface area is 299 Å². The van der Waals surface area contributed by atoms with Gasteiger partial charge in [0.1, 0.15) is 6.10 Å². The van der Waals surface area contributed by atoms with Gasteiger partial charge in [0.05, 0.1) is 29.3 Å². The van der Waals surface area contributed by atoms with E-state index in [1.54, 1.807) is 11.3 Å². The van der Waals surface area contributed by atoms with Crippen molar-refractivity contribution in [2.45, 2.75) is 174 Å². The van der Waals surface area contributed by atoms with Crippen molar-refractivity contribution in [1.82, 2.24) is 4.98 Å². The number of hydrogen-bond donors (Lipinski definition) is 0. The highest BCUT2D eigenvalue weighted by molar-refractivity contribution is 8.01. The summed E-state index contributed by atoms with van der Waals surface area (Å²) in [6, 6.07) is 0. The van der Waals surface area contributed by atoms with Gasteiger partial charge in [-0.05, 0) is 89.0 Å². The lowest BCUT2D eigenvalue weighted by Crippen LogP contribution is -2.52. The monoisotopic (exact) mass is 721 g/mol. The predicted octanol–water partition coefficient (Wildman–Crippen LogP) is 11.8. The molecule has 9 heteroatoms. The largest absolute Gasteiger partial charge is 0.457 e. The zero-order valence-electron chi connectivity index (χ0n) is 32.8. The van der Waals surface area contributed by atoms with E-state index in [1.807, 2.05) is 25.6 Å². The van der Waals surface area contributed by atoms with Gasteiger partial charge in [-0.1, -0.05) is 79.2 Å². The van der Waals surface area contributed by atoms with E-state index in [4.69, 9.17) is 13.6 Å². The molecule has 0 radical (unpaired) electrons. The molecule has 0 amide bonds. The first kappa shape index (κ1) is 42.2. The first-order valence-electron chi connectivity index (χ1n) is 17.4. The molecule has 5 atom stereocenters. The maximum absolute atomic E-state index is 14.0. The van der Waals surface area contributed by atoms with Gasteiger partial charge in [-0.25, -0.2) is 4.98 Å². The zero-order valence-corrected chi connectivity index (χ0v) is 36.4. The number of aryl methyl sites for hydroxylation is 1. The van der Waals surface area contributed by atoms with Crippen molar-refractivity contribution >= 4 is 51.8 Å². The number of thiazole rings is 1. The first-order chi connectivity index (χ1) is 21.3. The third kappa shape index (κ3) is 12.4. The average molecular weight is 722 g/mol. The van der Waals surface area contributed by atoms with Crippen molar-refractivity contribution in [1.29, 1.82) is 0 Å². The highest BCUT2D eigenvalue weighted by atomic mass is 32.2. The molecule has 2 heterocycles. The number of allylic oxidation sites excluding steroid dienone is 2. The Morgan fingerprint density at radius 3 is 2.13 bits per heavy atom. The van der Waals surface area contributed by atoms with E-state index in [9.17, 15) is 4.79 Å². The second-order valence-corrected chi connectivity index (χ2v) is 29.9. The number of thioether (sulfide) groups is 1. The summed E-state index contributed by atoms with van der Waals surface area (Å²) in [7, 11) is -4.29. The summed E-state index contributed by atoms with van der Waals surface area (Å²) in [5.41, 5.74) is 3.15. The van der Waals surface area contributed by atoms with Crippen LogP contribution in [0.4, 0.5) is 0 Å². The van der Waals surface area contributed by atoms with Gasteiger partial charge in [-0.2, -0.15) is 0 Å². The molecule has 1 aliphatic heterocycles. The van der Waals surface area contributed by atoms with E-state index in [-0.39, 0.29) is 56.7 Å². The minimum atomic E-state index is -2.23. The van der Waals surface area contributed by atoms with Crippen molar-refractivity contribution in [3.05, 3.63) is 45.5 Å². The van der Waals surface area contributed by atoms with E-state index in [1.165, 1.54) is 5.57 Å². The van der Waals surface area contributed by atoms with Crippen LogP contribution in [0.2, 0.25) is 36.3 Å². The Morgan fingerprint density at radius 1 is 1.02 bits per heavy atom. The Hall–Kier alpha value is -0.976. The van der Waals surface area contributed by atoms with Crippen LogP contribution in [0.5, 0.6) is 0 Å². The Kier molecular flexibility index (Phi) is 14.7. The molecule has 0 fully saturated rings. The average Bonchev–Trinajstić information content (AvgIpc) is 3.30. The molecular formula is C38H67NO4S2Si2. The van der Waals surface area contributed by atoms with Crippen LogP contribution in [0.25, 0.3) is 6.08 Å². The van der Waals surface area contributed by atoms with Gasteiger partial charge in [0.25, 0.3) is 0 Å². The molecule has 0 saturated carbocycles. The molecule has 1 aromatic rings. The normalized spacial score (nSPS) is 28.4. The van der Waals surface area contributed by atoms with Crippen LogP contribution in [0.1, 0.15) is 113 Å². The molecule has 268 valence electrons. The van der Waals surface area contributed by atoms with Crippen LogP contribution in [0.15, 0.2) is 34.8 Å². The molecule has 47 heavy (non-hydrogen) atoms. The smallest absolute Gasteiger partial charge is 0.309 e. The number of aromatic nitrogens is 1. The SMILES string of the molecule is C/C1=C/C[C@@H](/C(C)=C/c2csc(C)n2)OC(=O)C[C@H](O[Si](C)(C)C(C)(C)C)C(C)(C)S[C@H](C)[C@@H](O[Si](C)(C)C(C)(C)C)[C@@H](C)/C=C/C1. The summed E-state index contributed by atoms with van der Waals surface area (Å²) >= 11 is 3.52. The van der Waals surface area contributed by atoms with Gasteiger partial charge in [0, 0.05) is 27.7 Å². The van der Waals surface area contributed by atoms with Gasteiger partial charge < -0.3 is 13.6 Å². The van der Waals surface area contributed by atoms with Crippen LogP contribution >= 0.6 is 23.1 Å². The van der Waals surface area contributed by atoms with E-state index in [0.717, 1.165) is 22.7 Å². The van der Waals surface area contributed by atoms with Gasteiger partial charge in [0.15, 0.2) is 16.6 Å². The third-order valence-corrected chi connectivity index (χ3v) is 21.7. The van der Waals surface area contributed by atoms with Crippen LogP contribution in [0, 0.1) is 12.8 Å². The molecule has 0 aliphatic carbocycles. The number of rotatable bonds is 6. The molecule has 0 aromatic carbocycles. The van der Waals surface area contributed by atoms with Gasteiger partial charge in [0.2, 0.25) is 0 Å². The van der Waals surface area contributed by atoms with Crippen LogP contribution < -0.4 is 0 Å². The summed E-state index contributed by atoms with van der Waals surface area (Å²) in [5, 5.41) is 3.35. The molecule has 1 aliphatic rings. The lowest BCUT2D eigenvalue weighted by molar-refractivity contribution is -0.149. The number of nitrogens with zero attached hydrogens (tertiary/aromatic N) is 1. The van der Waals surface area contributed by atoms with Gasteiger partial charge >= 0.3 is 5.97 Å². The molecule has 5 nitrogen and oxygen atoms in total. The summed E-state index contributed by atoms with van der Waals surface area (Å²) < 4.78 is 20.3. The topological polar surface area (TPSA) is 57.7 Å². The minimum absolute atomic E-state index is 0.00164. The Morgan fingerprint density at radius 2 is 1.60 bits per heavy atom. The number of esters is 1. The minimum Gasteiger partial charge on any atom is -0.457 e. The van der Waals surface area contributed by atoms with Crippen LogP contribution in [0.3, 0.4) is 0 Å². The van der Waals surface area contributed by atoms with E-state index in [2.05, 4.69) is 137 Å². The van der Waals surface area contributed by atoms with Crippen molar-refractivity contribution < 1.29 is 18.4 Å². The predicted molar refractivity (Wildman–Crippen MR) is 212 cm³/mol. The molecule has 0 unspecified atom stereocenters. The van der Waals surface area contributed by atoms with Gasteiger partial charge in [-0.3, -0.25) is 4.79 Å². The molecule has 0 spiro atoms. The lowest BCUT2D eigenvalue weighted by atomic mass is 9.99. The quantitative estimate of drug-likeness (QED) is 0.166. The van der Waals surface area contributed by atoms with E-state index in [0.29, 0.717) is 6.42 Å². The fraction of sp³-hybridized carbons (Fsp3) is 0.737. The summed E-state index contributed by atoms with van der Waals surface area (Å²) in [6.45, 7) is 38.2. The van der Waals surface area contributed by atoms with Crippen molar-refractivity contribution in [2.24, 2.45) is 5.92 Å². The second-order valence-electron chi connectivity index (χ2n) is 17.3. The van der Waals surface area contributed by atoms with Crippen LogP contribution in [-0.4, -0.2) is 55.9 Å². The molecule has 0 bridgehead atoms. The summed E-state index contributed by atoms with van der Waals surface area (Å²) in [6.07, 6.45) is 9.91. The molecule has 2 rings (SSSR count). The molecule has 0 N–H and O–H groups in total. The maximum atomic E-state index is 14.0. The summed E-state index contributed by atoms with van der Waals surface area (Å²) in [4.78, 5) is 18.6. The number of carbonyl (C=O) groups excluding carboxylic acids is 1. The fourth-order valence-corrected chi connectivity index (χ4v) is 10.5. The maximum Gasteiger partial charge on any atom is 0.309 e. The van der Waals surface area contributed by atoms with Crippen molar-refractivity contribution in [2.75, 3.05) is 0 Å². The highest BCUT2D eigenvalue weighted by Crippen LogP contribution is 2.45. The molecule has 1 aromatic heterocycles. The number of hydrogen-bond acceptors (Lipinski definition) is 7. The standard InChI is InChI=1S/C38H67NO4S2Si2/c1-26-19-18-20-27(2)35(43-47(16,17)37(9,10)11)29(4)45-38(12,13)33(42-46(14,15)36(6,7)8)24-34(40)41-32(22-21-26)28(3)23-31-25-44-30(5)39-31/h18,20-21,23,25,27,29,32-33,35H,19,22,24H2,1-17H3/b20-18+,26-21-,28-23+/t27-,29+,32-,33-,35-/m0/s1. The molecule has 0 saturated heterocycles. The Bertz CT molecular complexity index is 1280. The zero-order chi connectivity index (χ0) is 36.2. The lowest BCUT2D eigenvalue weighted by Gasteiger charge is -2.46.